The highest BCUT2D eigenvalue weighted by Crippen LogP contribution is 2.27. The number of alkyl halides is 1. The van der Waals surface area contributed by atoms with Crippen LogP contribution in [0.15, 0.2) is 34.2 Å². The van der Waals surface area contributed by atoms with Gasteiger partial charge < -0.3 is 4.57 Å². The molecule has 3 aromatic rings. The lowest BCUT2D eigenvalue weighted by Crippen LogP contribution is -2.05. The summed E-state index contributed by atoms with van der Waals surface area (Å²) in [6, 6.07) is 5.97. The fourth-order valence-electron chi connectivity index (χ4n) is 2.03. The van der Waals surface area contributed by atoms with E-state index in [0.717, 1.165) is 28.0 Å². The molecule has 0 saturated carbocycles. The first kappa shape index (κ1) is 13.1. The summed E-state index contributed by atoms with van der Waals surface area (Å²) in [4.78, 5) is 10.2. The standard InChI is InChI=1S/C13H11BrClN3S/c1-8(15)12-17-11-3-2-4-16-13(11)18(12)6-10-5-9(14)7-19-10/h2-5,7-8H,6H2,1H3. The van der Waals surface area contributed by atoms with E-state index in [1.54, 1.807) is 17.5 Å². The van der Waals surface area contributed by atoms with Crippen LogP contribution >= 0.6 is 38.9 Å². The van der Waals surface area contributed by atoms with Gasteiger partial charge in [0, 0.05) is 20.9 Å². The van der Waals surface area contributed by atoms with Crippen molar-refractivity contribution in [3.8, 4) is 0 Å². The third kappa shape index (κ3) is 2.55. The van der Waals surface area contributed by atoms with Crippen LogP contribution in [0, 0.1) is 0 Å². The molecular formula is C13H11BrClN3S. The maximum absolute atomic E-state index is 6.23. The van der Waals surface area contributed by atoms with E-state index in [1.165, 1.54) is 4.88 Å². The van der Waals surface area contributed by atoms with E-state index in [4.69, 9.17) is 11.6 Å². The smallest absolute Gasteiger partial charge is 0.160 e. The van der Waals surface area contributed by atoms with Gasteiger partial charge in [0.15, 0.2) is 5.65 Å². The Hall–Kier alpha value is -0.910. The normalized spacial score (nSPS) is 13.0. The maximum Gasteiger partial charge on any atom is 0.160 e. The molecular weight excluding hydrogens is 346 g/mol. The molecule has 0 N–H and O–H groups in total. The van der Waals surface area contributed by atoms with Crippen LogP contribution in [-0.4, -0.2) is 14.5 Å². The van der Waals surface area contributed by atoms with Gasteiger partial charge in [-0.3, -0.25) is 0 Å². The van der Waals surface area contributed by atoms with Crippen molar-refractivity contribution < 1.29 is 0 Å². The number of nitrogens with zero attached hydrogens (tertiary/aromatic N) is 3. The van der Waals surface area contributed by atoms with E-state index in [0.29, 0.717) is 0 Å². The van der Waals surface area contributed by atoms with Gasteiger partial charge in [0.1, 0.15) is 11.3 Å². The quantitative estimate of drug-likeness (QED) is 0.642. The Balaban J connectivity index is 2.12. The molecule has 3 nitrogen and oxygen atoms in total. The first-order valence-corrected chi connectivity index (χ1v) is 7.94. The molecule has 3 heterocycles. The summed E-state index contributed by atoms with van der Waals surface area (Å²) < 4.78 is 3.19. The van der Waals surface area contributed by atoms with E-state index in [2.05, 4.69) is 41.9 Å². The molecule has 0 aliphatic rings. The second-order valence-electron chi connectivity index (χ2n) is 4.25. The van der Waals surface area contributed by atoms with Gasteiger partial charge >= 0.3 is 0 Å². The van der Waals surface area contributed by atoms with Gasteiger partial charge in [-0.05, 0) is 41.1 Å². The number of fused-ring (bicyclic) bond motifs is 1. The highest BCUT2D eigenvalue weighted by Gasteiger charge is 2.16. The topological polar surface area (TPSA) is 30.7 Å². The average molecular weight is 357 g/mol. The van der Waals surface area contributed by atoms with Crippen molar-refractivity contribution >= 4 is 50.0 Å². The summed E-state index contributed by atoms with van der Waals surface area (Å²) in [5.41, 5.74) is 1.77. The van der Waals surface area contributed by atoms with Crippen molar-refractivity contribution in [3.05, 3.63) is 45.0 Å². The molecule has 1 atom stereocenters. The zero-order valence-electron chi connectivity index (χ0n) is 10.2. The number of rotatable bonds is 3. The predicted molar refractivity (Wildman–Crippen MR) is 82.9 cm³/mol. The highest BCUT2D eigenvalue weighted by atomic mass is 79.9. The van der Waals surface area contributed by atoms with Crippen LogP contribution in [0.1, 0.15) is 23.0 Å². The molecule has 0 bridgehead atoms. The van der Waals surface area contributed by atoms with Crippen molar-refractivity contribution in [2.45, 2.75) is 18.8 Å². The van der Waals surface area contributed by atoms with Gasteiger partial charge in [0.25, 0.3) is 0 Å². The third-order valence-corrected chi connectivity index (χ3v) is 4.70. The van der Waals surface area contributed by atoms with Crippen molar-refractivity contribution in [1.29, 1.82) is 0 Å². The molecule has 0 saturated heterocycles. The van der Waals surface area contributed by atoms with Crippen LogP contribution in [0.4, 0.5) is 0 Å². The number of thiophene rings is 1. The summed E-state index contributed by atoms with van der Waals surface area (Å²) in [5.74, 6) is 0.861. The minimum absolute atomic E-state index is 0.141. The van der Waals surface area contributed by atoms with Gasteiger partial charge in [-0.25, -0.2) is 9.97 Å². The molecule has 0 aliphatic carbocycles. The Bertz CT molecular complexity index is 720. The third-order valence-electron chi connectivity index (χ3n) is 2.82. The minimum atomic E-state index is -0.141. The van der Waals surface area contributed by atoms with Crippen molar-refractivity contribution in [1.82, 2.24) is 14.5 Å². The predicted octanol–water partition coefficient (Wildman–Crippen LogP) is 4.60. The number of aromatic nitrogens is 3. The molecule has 6 heteroatoms. The van der Waals surface area contributed by atoms with E-state index in [9.17, 15) is 0 Å². The Morgan fingerprint density at radius 1 is 1.53 bits per heavy atom. The zero-order chi connectivity index (χ0) is 13.4. The molecule has 0 aliphatic heterocycles. The van der Waals surface area contributed by atoms with Crippen LogP contribution in [0.25, 0.3) is 11.2 Å². The molecule has 19 heavy (non-hydrogen) atoms. The Morgan fingerprint density at radius 3 is 3.05 bits per heavy atom. The molecule has 0 fully saturated rings. The van der Waals surface area contributed by atoms with E-state index in [-0.39, 0.29) is 5.38 Å². The number of hydrogen-bond acceptors (Lipinski definition) is 3. The molecule has 3 aromatic heterocycles. The summed E-state index contributed by atoms with van der Waals surface area (Å²) in [6.45, 7) is 2.68. The Kier molecular flexibility index (Phi) is 3.60. The second-order valence-corrected chi connectivity index (χ2v) is 6.82. The van der Waals surface area contributed by atoms with Crippen molar-refractivity contribution in [2.75, 3.05) is 0 Å². The maximum atomic E-state index is 6.23. The molecule has 3 rings (SSSR count). The van der Waals surface area contributed by atoms with Gasteiger partial charge in [0.05, 0.1) is 11.9 Å². The lowest BCUT2D eigenvalue weighted by molar-refractivity contribution is 0.744. The average Bonchev–Trinajstić information content (AvgIpc) is 2.95. The molecule has 0 radical (unpaired) electrons. The van der Waals surface area contributed by atoms with Crippen molar-refractivity contribution in [3.63, 3.8) is 0 Å². The number of halogens is 2. The van der Waals surface area contributed by atoms with Crippen LogP contribution in [0.2, 0.25) is 0 Å². The fourth-order valence-corrected chi connectivity index (χ4v) is 3.63. The monoisotopic (exact) mass is 355 g/mol. The molecule has 0 amide bonds. The Morgan fingerprint density at radius 2 is 2.37 bits per heavy atom. The number of hydrogen-bond donors (Lipinski definition) is 0. The van der Waals surface area contributed by atoms with E-state index < -0.39 is 0 Å². The largest absolute Gasteiger partial charge is 0.306 e. The van der Waals surface area contributed by atoms with Crippen LogP contribution in [0.3, 0.4) is 0 Å². The molecule has 1 unspecified atom stereocenters. The lowest BCUT2D eigenvalue weighted by Gasteiger charge is -2.08. The number of imidazole rings is 1. The summed E-state index contributed by atoms with van der Waals surface area (Å²) in [5, 5.41) is 1.93. The first-order valence-electron chi connectivity index (χ1n) is 5.83. The zero-order valence-corrected chi connectivity index (χ0v) is 13.3. The Labute approximate surface area is 128 Å². The van der Waals surface area contributed by atoms with Crippen LogP contribution < -0.4 is 0 Å². The first-order chi connectivity index (χ1) is 9.15. The molecule has 0 spiro atoms. The van der Waals surface area contributed by atoms with E-state index in [1.807, 2.05) is 19.1 Å². The van der Waals surface area contributed by atoms with Gasteiger partial charge in [-0.2, -0.15) is 0 Å². The van der Waals surface area contributed by atoms with Gasteiger partial charge in [0.2, 0.25) is 0 Å². The minimum Gasteiger partial charge on any atom is -0.306 e. The van der Waals surface area contributed by atoms with Crippen LogP contribution in [0.5, 0.6) is 0 Å². The lowest BCUT2D eigenvalue weighted by atomic mass is 10.4. The summed E-state index contributed by atoms with van der Waals surface area (Å²) in [7, 11) is 0. The summed E-state index contributed by atoms with van der Waals surface area (Å²) >= 11 is 11.4. The van der Waals surface area contributed by atoms with Crippen LogP contribution in [-0.2, 0) is 6.54 Å². The highest BCUT2D eigenvalue weighted by molar-refractivity contribution is 9.10. The molecule has 0 aromatic carbocycles. The van der Waals surface area contributed by atoms with Gasteiger partial charge in [-0.1, -0.05) is 0 Å². The van der Waals surface area contributed by atoms with Crippen molar-refractivity contribution in [2.24, 2.45) is 0 Å². The van der Waals surface area contributed by atoms with E-state index >= 15 is 0 Å². The number of pyridine rings is 1. The van der Waals surface area contributed by atoms with Gasteiger partial charge in [-0.15, -0.1) is 22.9 Å². The fraction of sp³-hybridized carbons (Fsp3) is 0.231. The SMILES string of the molecule is CC(Cl)c1nc2cccnc2n1Cc1cc(Br)cs1. The molecule has 98 valence electrons. The summed E-state index contributed by atoms with van der Waals surface area (Å²) in [6.07, 6.45) is 1.79. The second kappa shape index (κ2) is 5.23.